The lowest BCUT2D eigenvalue weighted by Crippen LogP contribution is -2.28. The summed E-state index contributed by atoms with van der Waals surface area (Å²) in [6, 6.07) is 0. The summed E-state index contributed by atoms with van der Waals surface area (Å²) in [6.07, 6.45) is 5.45. The number of rotatable bonds is 6. The Morgan fingerprint density at radius 3 is 2.50 bits per heavy atom. The molecule has 1 rings (SSSR count). The zero-order valence-corrected chi connectivity index (χ0v) is 11.4. The molecule has 5 heteroatoms. The van der Waals surface area contributed by atoms with Crippen molar-refractivity contribution in [3.63, 3.8) is 0 Å². The lowest BCUT2D eigenvalue weighted by molar-refractivity contribution is 0.287. The molecule has 1 aliphatic rings. The minimum atomic E-state index is -2.75. The fourth-order valence-corrected chi connectivity index (χ4v) is 3.50. The normalized spacial score (nSPS) is 21.8. The molecular formula is C11H22ClNO2S. The second kappa shape index (κ2) is 7.51. The van der Waals surface area contributed by atoms with E-state index in [2.05, 4.69) is 4.90 Å². The largest absolute Gasteiger partial charge is 0.302 e. The fraction of sp³-hybridized carbons (Fsp3) is 1.00. The SMILES string of the molecule is O=S1(=O)CCCN(CCCCCCCl)CC1. The number of nitrogens with zero attached hydrogens (tertiary/aromatic N) is 1. The molecule has 0 aromatic carbocycles. The third kappa shape index (κ3) is 6.06. The minimum absolute atomic E-state index is 0.342. The van der Waals surface area contributed by atoms with Crippen molar-refractivity contribution in [1.82, 2.24) is 4.90 Å². The van der Waals surface area contributed by atoms with Crippen LogP contribution in [0.2, 0.25) is 0 Å². The molecule has 0 saturated carbocycles. The molecule has 96 valence electrons. The maximum atomic E-state index is 11.4. The first-order chi connectivity index (χ1) is 7.64. The molecule has 0 unspecified atom stereocenters. The first-order valence-corrected chi connectivity index (χ1v) is 8.48. The van der Waals surface area contributed by atoms with Gasteiger partial charge in [-0.15, -0.1) is 11.6 Å². The Kier molecular flexibility index (Phi) is 6.70. The molecule has 0 spiro atoms. The van der Waals surface area contributed by atoms with Gasteiger partial charge in [0.05, 0.1) is 11.5 Å². The molecule has 0 radical (unpaired) electrons. The van der Waals surface area contributed by atoms with Gasteiger partial charge in [-0.2, -0.15) is 0 Å². The number of unbranched alkanes of at least 4 members (excludes halogenated alkanes) is 3. The summed E-state index contributed by atoms with van der Waals surface area (Å²) in [4.78, 5) is 2.28. The highest BCUT2D eigenvalue weighted by molar-refractivity contribution is 7.91. The van der Waals surface area contributed by atoms with Crippen molar-refractivity contribution >= 4 is 21.4 Å². The standard InChI is InChI=1S/C11H22ClNO2S/c12-6-3-1-2-4-7-13-8-5-10-16(14,15)11-9-13/h1-11H2. The summed E-state index contributed by atoms with van der Waals surface area (Å²) in [7, 11) is -2.75. The van der Waals surface area contributed by atoms with Crippen LogP contribution in [-0.4, -0.2) is 50.3 Å². The Morgan fingerprint density at radius 1 is 1.00 bits per heavy atom. The zero-order valence-electron chi connectivity index (χ0n) is 9.83. The van der Waals surface area contributed by atoms with Crippen LogP contribution in [0.1, 0.15) is 32.1 Å². The second-order valence-electron chi connectivity index (χ2n) is 4.45. The third-order valence-corrected chi connectivity index (χ3v) is 4.99. The summed E-state index contributed by atoms with van der Waals surface area (Å²) in [5.74, 6) is 1.46. The molecule has 1 saturated heterocycles. The molecule has 3 nitrogen and oxygen atoms in total. The van der Waals surface area contributed by atoms with Gasteiger partial charge in [-0.25, -0.2) is 8.42 Å². The van der Waals surface area contributed by atoms with Gasteiger partial charge in [0, 0.05) is 12.4 Å². The van der Waals surface area contributed by atoms with Gasteiger partial charge in [0.2, 0.25) is 0 Å². The van der Waals surface area contributed by atoms with Crippen LogP contribution in [0.3, 0.4) is 0 Å². The van der Waals surface area contributed by atoms with Gasteiger partial charge in [0.15, 0.2) is 9.84 Å². The maximum Gasteiger partial charge on any atom is 0.151 e. The average Bonchev–Trinajstić information content (AvgIpc) is 2.40. The summed E-state index contributed by atoms with van der Waals surface area (Å²) < 4.78 is 22.8. The molecular weight excluding hydrogens is 246 g/mol. The van der Waals surface area contributed by atoms with E-state index in [0.29, 0.717) is 11.5 Å². The highest BCUT2D eigenvalue weighted by Crippen LogP contribution is 2.08. The van der Waals surface area contributed by atoms with Crippen LogP contribution in [0.5, 0.6) is 0 Å². The van der Waals surface area contributed by atoms with Crippen molar-refractivity contribution in [2.75, 3.05) is 37.0 Å². The molecule has 16 heavy (non-hydrogen) atoms. The quantitative estimate of drug-likeness (QED) is 0.545. The number of halogens is 1. The van der Waals surface area contributed by atoms with Crippen LogP contribution in [0.4, 0.5) is 0 Å². The van der Waals surface area contributed by atoms with E-state index in [1.54, 1.807) is 0 Å². The highest BCUT2D eigenvalue weighted by Gasteiger charge is 2.18. The first-order valence-electron chi connectivity index (χ1n) is 6.13. The van der Waals surface area contributed by atoms with Gasteiger partial charge in [0.1, 0.15) is 0 Å². The highest BCUT2D eigenvalue weighted by atomic mass is 35.5. The van der Waals surface area contributed by atoms with Gasteiger partial charge in [0.25, 0.3) is 0 Å². The predicted octanol–water partition coefficient (Wildman–Crippen LogP) is 1.91. The molecule has 0 aliphatic carbocycles. The number of hydrogen-bond acceptors (Lipinski definition) is 3. The number of hydrogen-bond donors (Lipinski definition) is 0. The lowest BCUT2D eigenvalue weighted by Gasteiger charge is -2.18. The minimum Gasteiger partial charge on any atom is -0.302 e. The van der Waals surface area contributed by atoms with Crippen molar-refractivity contribution in [2.45, 2.75) is 32.1 Å². The van der Waals surface area contributed by atoms with Crippen LogP contribution in [-0.2, 0) is 9.84 Å². The van der Waals surface area contributed by atoms with E-state index in [4.69, 9.17) is 11.6 Å². The fourth-order valence-electron chi connectivity index (χ4n) is 2.00. The van der Waals surface area contributed by atoms with Crippen molar-refractivity contribution in [3.8, 4) is 0 Å². The third-order valence-electron chi connectivity index (χ3n) is 3.01. The molecule has 0 aromatic heterocycles. The van der Waals surface area contributed by atoms with Crippen molar-refractivity contribution in [1.29, 1.82) is 0 Å². The van der Waals surface area contributed by atoms with Crippen molar-refractivity contribution in [3.05, 3.63) is 0 Å². The van der Waals surface area contributed by atoms with E-state index >= 15 is 0 Å². The Bertz CT molecular complexity index is 280. The van der Waals surface area contributed by atoms with E-state index in [1.165, 1.54) is 12.8 Å². The van der Waals surface area contributed by atoms with Crippen LogP contribution >= 0.6 is 11.6 Å². The summed E-state index contributed by atoms with van der Waals surface area (Å²) in [5.41, 5.74) is 0. The average molecular weight is 268 g/mol. The Balaban J connectivity index is 2.13. The van der Waals surface area contributed by atoms with E-state index in [-0.39, 0.29) is 0 Å². The van der Waals surface area contributed by atoms with E-state index < -0.39 is 9.84 Å². The van der Waals surface area contributed by atoms with Gasteiger partial charge in [-0.1, -0.05) is 12.8 Å². The van der Waals surface area contributed by atoms with Crippen molar-refractivity contribution in [2.24, 2.45) is 0 Å². The smallest absolute Gasteiger partial charge is 0.151 e. The van der Waals surface area contributed by atoms with Gasteiger partial charge < -0.3 is 4.90 Å². The van der Waals surface area contributed by atoms with Crippen LogP contribution in [0.15, 0.2) is 0 Å². The molecule has 0 bridgehead atoms. The van der Waals surface area contributed by atoms with Crippen LogP contribution < -0.4 is 0 Å². The molecule has 1 aliphatic heterocycles. The predicted molar refractivity (Wildman–Crippen MR) is 68.9 cm³/mol. The lowest BCUT2D eigenvalue weighted by atomic mass is 10.2. The summed E-state index contributed by atoms with van der Waals surface area (Å²) in [5, 5.41) is 0. The monoisotopic (exact) mass is 267 g/mol. The molecule has 0 atom stereocenters. The first kappa shape index (κ1) is 14.3. The van der Waals surface area contributed by atoms with E-state index in [9.17, 15) is 8.42 Å². The summed E-state index contributed by atoms with van der Waals surface area (Å²) >= 11 is 5.61. The number of alkyl halides is 1. The second-order valence-corrected chi connectivity index (χ2v) is 7.13. The molecule has 1 fully saturated rings. The Labute approximate surface area is 104 Å². The van der Waals surface area contributed by atoms with Crippen LogP contribution in [0.25, 0.3) is 0 Å². The topological polar surface area (TPSA) is 37.4 Å². The Hall–Kier alpha value is 0.200. The molecule has 0 aromatic rings. The maximum absolute atomic E-state index is 11.4. The van der Waals surface area contributed by atoms with Gasteiger partial charge in [-0.05, 0) is 32.4 Å². The zero-order chi connectivity index (χ0) is 11.9. The van der Waals surface area contributed by atoms with E-state index in [0.717, 1.165) is 44.8 Å². The molecule has 1 heterocycles. The van der Waals surface area contributed by atoms with Crippen LogP contribution in [0, 0.1) is 0 Å². The van der Waals surface area contributed by atoms with Gasteiger partial charge >= 0.3 is 0 Å². The summed E-state index contributed by atoms with van der Waals surface area (Å²) in [6.45, 7) is 2.70. The molecule has 0 amide bonds. The van der Waals surface area contributed by atoms with Crippen molar-refractivity contribution < 1.29 is 8.42 Å². The van der Waals surface area contributed by atoms with Gasteiger partial charge in [-0.3, -0.25) is 0 Å². The van der Waals surface area contributed by atoms with E-state index in [1.807, 2.05) is 0 Å². The number of sulfone groups is 1. The molecule has 0 N–H and O–H groups in total. The Morgan fingerprint density at radius 2 is 1.75 bits per heavy atom.